The van der Waals surface area contributed by atoms with Crippen LogP contribution < -0.4 is 0 Å². The molecule has 0 atom stereocenters. The van der Waals surface area contributed by atoms with Crippen molar-refractivity contribution in [3.8, 4) is 0 Å². The molecule has 0 saturated heterocycles. The summed E-state index contributed by atoms with van der Waals surface area (Å²) in [4.78, 5) is 27.2. The highest BCUT2D eigenvalue weighted by atomic mass is 14.9. The van der Waals surface area contributed by atoms with Crippen molar-refractivity contribution < 1.29 is 0 Å². The van der Waals surface area contributed by atoms with Crippen LogP contribution in [0, 0.1) is 0 Å². The van der Waals surface area contributed by atoms with Crippen LogP contribution in [0.5, 0.6) is 0 Å². The molecule has 0 N–H and O–H groups in total. The zero-order valence-electron chi connectivity index (χ0n) is 16.9. The molecule has 4 rings (SSSR count). The predicted molar refractivity (Wildman–Crippen MR) is 110 cm³/mol. The van der Waals surface area contributed by atoms with Crippen molar-refractivity contribution in [2.24, 2.45) is 0 Å². The molecule has 4 aromatic heterocycles. The zero-order valence-corrected chi connectivity index (χ0v) is 16.9. The molecule has 142 valence electrons. The van der Waals surface area contributed by atoms with E-state index in [1.54, 1.807) is 12.4 Å². The molecule has 0 bridgehead atoms. The number of aromatic nitrogens is 6. The van der Waals surface area contributed by atoms with Gasteiger partial charge in [0.05, 0.1) is 29.3 Å². The van der Waals surface area contributed by atoms with E-state index in [9.17, 15) is 0 Å². The second kappa shape index (κ2) is 6.55. The Morgan fingerprint density at radius 3 is 2.25 bits per heavy atom. The molecular formula is C22H24N6. The lowest BCUT2D eigenvalue weighted by atomic mass is 9.83. The standard InChI is InChI=1S/C22H24N6/c1-21(2,3)18-12-26-20-16(28-18)8-14(10-25-20)9-22(4,5)19-13-24-17-11-23-7-6-15(17)27-19/h6-8,10-13H,9H2,1-5H3. The summed E-state index contributed by atoms with van der Waals surface area (Å²) in [5, 5.41) is 0. The molecular weight excluding hydrogens is 348 g/mol. The van der Waals surface area contributed by atoms with E-state index < -0.39 is 0 Å². The number of rotatable bonds is 3. The van der Waals surface area contributed by atoms with Gasteiger partial charge in [0.1, 0.15) is 11.0 Å². The molecule has 6 heteroatoms. The summed E-state index contributed by atoms with van der Waals surface area (Å²) in [5.41, 5.74) is 5.93. The minimum atomic E-state index is -0.200. The number of fused-ring (bicyclic) bond motifs is 2. The Bertz CT molecular complexity index is 1160. The molecule has 0 amide bonds. The topological polar surface area (TPSA) is 77.3 Å². The minimum Gasteiger partial charge on any atom is -0.262 e. The Morgan fingerprint density at radius 2 is 1.46 bits per heavy atom. The van der Waals surface area contributed by atoms with Crippen molar-refractivity contribution in [2.45, 2.75) is 51.9 Å². The molecule has 0 radical (unpaired) electrons. The summed E-state index contributed by atoms with van der Waals surface area (Å²) in [6, 6.07) is 3.98. The van der Waals surface area contributed by atoms with E-state index >= 15 is 0 Å². The van der Waals surface area contributed by atoms with E-state index in [0.717, 1.165) is 39.9 Å². The quantitative estimate of drug-likeness (QED) is 0.537. The third-order valence-corrected chi connectivity index (χ3v) is 4.91. The fourth-order valence-corrected chi connectivity index (χ4v) is 3.20. The van der Waals surface area contributed by atoms with Crippen molar-refractivity contribution in [2.75, 3.05) is 0 Å². The molecule has 0 saturated carbocycles. The van der Waals surface area contributed by atoms with Crippen LogP contribution >= 0.6 is 0 Å². The molecule has 0 aliphatic carbocycles. The van der Waals surface area contributed by atoms with Gasteiger partial charge in [-0.05, 0) is 24.1 Å². The first kappa shape index (κ1) is 18.3. The maximum atomic E-state index is 4.80. The van der Waals surface area contributed by atoms with Gasteiger partial charge in [-0.3, -0.25) is 9.97 Å². The van der Waals surface area contributed by atoms with E-state index in [-0.39, 0.29) is 10.8 Å². The van der Waals surface area contributed by atoms with Crippen molar-refractivity contribution >= 4 is 22.2 Å². The molecule has 0 aliphatic rings. The summed E-state index contributed by atoms with van der Waals surface area (Å²) in [7, 11) is 0. The molecule has 4 heterocycles. The monoisotopic (exact) mass is 372 g/mol. The third-order valence-electron chi connectivity index (χ3n) is 4.91. The molecule has 0 fully saturated rings. The Balaban J connectivity index is 1.68. The van der Waals surface area contributed by atoms with Crippen LogP contribution in [-0.4, -0.2) is 29.9 Å². The Kier molecular flexibility index (Phi) is 4.29. The molecule has 4 aromatic rings. The average molecular weight is 372 g/mol. The molecule has 0 spiro atoms. The highest BCUT2D eigenvalue weighted by molar-refractivity contribution is 5.72. The second-order valence-electron chi connectivity index (χ2n) is 8.87. The fraction of sp³-hybridized carbons (Fsp3) is 0.364. The van der Waals surface area contributed by atoms with E-state index in [0.29, 0.717) is 5.65 Å². The van der Waals surface area contributed by atoms with Gasteiger partial charge in [-0.2, -0.15) is 0 Å². The first-order chi connectivity index (χ1) is 13.2. The largest absolute Gasteiger partial charge is 0.262 e. The summed E-state index contributed by atoms with van der Waals surface area (Å²) in [6.07, 6.45) is 9.80. The highest BCUT2D eigenvalue weighted by Gasteiger charge is 2.24. The molecule has 28 heavy (non-hydrogen) atoms. The van der Waals surface area contributed by atoms with Crippen molar-refractivity contribution in [3.05, 3.63) is 60.1 Å². The Morgan fingerprint density at radius 1 is 0.750 bits per heavy atom. The normalized spacial score (nSPS) is 12.6. The van der Waals surface area contributed by atoms with Crippen molar-refractivity contribution in [1.29, 1.82) is 0 Å². The highest BCUT2D eigenvalue weighted by Crippen LogP contribution is 2.28. The number of hydrogen-bond acceptors (Lipinski definition) is 6. The Labute approximate surface area is 164 Å². The van der Waals surface area contributed by atoms with Gasteiger partial charge >= 0.3 is 0 Å². The van der Waals surface area contributed by atoms with Gasteiger partial charge in [0.15, 0.2) is 5.65 Å². The van der Waals surface area contributed by atoms with E-state index in [1.165, 1.54) is 0 Å². The molecule has 0 unspecified atom stereocenters. The zero-order chi connectivity index (χ0) is 19.9. The van der Waals surface area contributed by atoms with Crippen LogP contribution in [0.2, 0.25) is 0 Å². The lowest BCUT2D eigenvalue weighted by molar-refractivity contribution is 0.505. The number of pyridine rings is 2. The van der Waals surface area contributed by atoms with Gasteiger partial charge in [-0.1, -0.05) is 34.6 Å². The predicted octanol–water partition coefficient (Wildman–Crippen LogP) is 4.18. The van der Waals surface area contributed by atoms with Crippen LogP contribution in [-0.2, 0) is 17.3 Å². The fourth-order valence-electron chi connectivity index (χ4n) is 3.20. The van der Waals surface area contributed by atoms with Crippen molar-refractivity contribution in [1.82, 2.24) is 29.9 Å². The van der Waals surface area contributed by atoms with Gasteiger partial charge in [0.2, 0.25) is 0 Å². The smallest absolute Gasteiger partial charge is 0.178 e. The minimum absolute atomic E-state index is 0.0496. The van der Waals surface area contributed by atoms with Crippen LogP contribution in [0.25, 0.3) is 22.2 Å². The maximum Gasteiger partial charge on any atom is 0.178 e. The average Bonchev–Trinajstić information content (AvgIpc) is 2.66. The maximum absolute atomic E-state index is 4.80. The van der Waals surface area contributed by atoms with Crippen LogP contribution in [0.4, 0.5) is 0 Å². The first-order valence-electron chi connectivity index (χ1n) is 9.42. The number of nitrogens with zero attached hydrogens (tertiary/aromatic N) is 6. The summed E-state index contributed by atoms with van der Waals surface area (Å²) in [5.74, 6) is 0. The van der Waals surface area contributed by atoms with E-state index in [4.69, 9.17) is 9.97 Å². The molecule has 0 aromatic carbocycles. The van der Waals surface area contributed by atoms with Crippen molar-refractivity contribution in [3.63, 3.8) is 0 Å². The van der Waals surface area contributed by atoms with Gasteiger partial charge in [-0.15, -0.1) is 0 Å². The van der Waals surface area contributed by atoms with Gasteiger partial charge < -0.3 is 0 Å². The van der Waals surface area contributed by atoms with Crippen LogP contribution in [0.15, 0.2) is 43.1 Å². The summed E-state index contributed by atoms with van der Waals surface area (Å²) >= 11 is 0. The summed E-state index contributed by atoms with van der Waals surface area (Å²) in [6.45, 7) is 10.8. The van der Waals surface area contributed by atoms with Crippen LogP contribution in [0.1, 0.15) is 51.6 Å². The van der Waals surface area contributed by atoms with E-state index in [2.05, 4.69) is 60.6 Å². The Hall–Kier alpha value is -3.02. The van der Waals surface area contributed by atoms with Crippen LogP contribution in [0.3, 0.4) is 0 Å². The molecule has 0 aliphatic heterocycles. The van der Waals surface area contributed by atoms with Gasteiger partial charge in [-0.25, -0.2) is 19.9 Å². The van der Waals surface area contributed by atoms with E-state index in [1.807, 2.05) is 24.7 Å². The SMILES string of the molecule is CC(C)(C)c1cnc2ncc(CC(C)(C)c3cnc4cnccc4n3)cc2n1. The van der Waals surface area contributed by atoms with Gasteiger partial charge in [0, 0.05) is 29.4 Å². The lowest BCUT2D eigenvalue weighted by Gasteiger charge is -2.24. The lowest BCUT2D eigenvalue weighted by Crippen LogP contribution is -2.22. The second-order valence-corrected chi connectivity index (χ2v) is 8.87. The summed E-state index contributed by atoms with van der Waals surface area (Å²) < 4.78 is 0. The van der Waals surface area contributed by atoms with Gasteiger partial charge in [0.25, 0.3) is 0 Å². The molecule has 6 nitrogen and oxygen atoms in total. The third kappa shape index (κ3) is 3.54. The number of hydrogen-bond donors (Lipinski definition) is 0. The first-order valence-corrected chi connectivity index (χ1v) is 9.42.